The van der Waals surface area contributed by atoms with Crippen molar-refractivity contribution in [3.8, 4) is 0 Å². The Kier molecular flexibility index (Phi) is 47.7. The van der Waals surface area contributed by atoms with Gasteiger partial charge in [-0.3, -0.25) is 9.59 Å². The summed E-state index contributed by atoms with van der Waals surface area (Å²) in [6.45, 7) is 2.90. The van der Waals surface area contributed by atoms with Gasteiger partial charge in [-0.05, 0) is 44.9 Å². The molecule has 0 unspecified atom stereocenters. The monoisotopic (exact) mass is 775 g/mol. The molecule has 0 aromatic carbocycles. The van der Waals surface area contributed by atoms with Crippen molar-refractivity contribution in [1.29, 1.82) is 0 Å². The van der Waals surface area contributed by atoms with Crippen LogP contribution in [0.3, 0.4) is 0 Å². The Morgan fingerprint density at radius 3 is 0.909 bits per heavy atom. The molecule has 0 fully saturated rings. The molecule has 4 heteroatoms. The molecule has 0 amide bonds. The lowest BCUT2D eigenvalue weighted by molar-refractivity contribution is -0.144. The summed E-state index contributed by atoms with van der Waals surface area (Å²) >= 11 is 0. The Bertz CT molecular complexity index is 777. The maximum Gasteiger partial charge on any atom is 0.305 e. The first-order valence-corrected chi connectivity index (χ1v) is 25.2. The van der Waals surface area contributed by atoms with Crippen LogP contribution in [-0.2, 0) is 14.3 Å². The van der Waals surface area contributed by atoms with Gasteiger partial charge >= 0.3 is 11.9 Å². The summed E-state index contributed by atoms with van der Waals surface area (Å²) in [5.41, 5.74) is 0. The van der Waals surface area contributed by atoms with Crippen LogP contribution >= 0.6 is 0 Å². The largest absolute Gasteiger partial charge is 0.481 e. The fraction of sp³-hybridized carbons (Fsp3) is 0.922. The minimum Gasteiger partial charge on any atom is -0.481 e. The van der Waals surface area contributed by atoms with Crippen molar-refractivity contribution in [1.82, 2.24) is 0 Å². The molecule has 1 N–H and O–H groups in total. The third-order valence-electron chi connectivity index (χ3n) is 11.7. The van der Waals surface area contributed by atoms with E-state index in [1.165, 1.54) is 250 Å². The van der Waals surface area contributed by atoms with Gasteiger partial charge in [0.1, 0.15) is 0 Å². The van der Waals surface area contributed by atoms with Crippen molar-refractivity contribution in [2.24, 2.45) is 0 Å². The first-order chi connectivity index (χ1) is 27.2. The van der Waals surface area contributed by atoms with E-state index < -0.39 is 5.97 Å². The Morgan fingerprint density at radius 2 is 0.600 bits per heavy atom. The molecule has 0 spiro atoms. The summed E-state index contributed by atoms with van der Waals surface area (Å²) in [4.78, 5) is 22.5. The molecule has 55 heavy (non-hydrogen) atoms. The quantitative estimate of drug-likeness (QED) is 0.0380. The van der Waals surface area contributed by atoms with Crippen LogP contribution in [0.25, 0.3) is 0 Å². The third kappa shape index (κ3) is 50.7. The standard InChI is InChI=1S/C51H98O4/c1-2-3-4-5-6-7-8-9-10-23-27-30-33-36-39-42-45-48-51(54)55-49-46-43-40-37-34-31-28-25-22-20-18-16-14-12-11-13-15-17-19-21-24-26-29-32-35-38-41-44-47-50(52)53/h9-10H,2-8,11-49H2,1H3,(H,52,53). The Labute approximate surface area is 345 Å². The number of hydrogen-bond donors (Lipinski definition) is 1. The lowest BCUT2D eigenvalue weighted by Gasteiger charge is -2.06. The first kappa shape index (κ1) is 53.7. The van der Waals surface area contributed by atoms with E-state index in [0.717, 1.165) is 25.7 Å². The smallest absolute Gasteiger partial charge is 0.305 e. The zero-order valence-corrected chi connectivity index (χ0v) is 37.4. The van der Waals surface area contributed by atoms with Crippen LogP contribution < -0.4 is 0 Å². The van der Waals surface area contributed by atoms with Gasteiger partial charge in [-0.1, -0.05) is 250 Å². The average Bonchev–Trinajstić information content (AvgIpc) is 3.18. The fourth-order valence-corrected chi connectivity index (χ4v) is 7.93. The number of carbonyl (C=O) groups is 2. The molecule has 0 heterocycles. The minimum atomic E-state index is -0.653. The van der Waals surface area contributed by atoms with Gasteiger partial charge in [0.05, 0.1) is 6.61 Å². The van der Waals surface area contributed by atoms with E-state index in [9.17, 15) is 9.59 Å². The zero-order valence-electron chi connectivity index (χ0n) is 37.4. The number of esters is 1. The maximum absolute atomic E-state index is 12.0. The number of carbonyl (C=O) groups excluding carboxylic acids is 1. The van der Waals surface area contributed by atoms with Crippen molar-refractivity contribution in [3.63, 3.8) is 0 Å². The molecule has 0 saturated heterocycles. The first-order valence-electron chi connectivity index (χ1n) is 25.2. The van der Waals surface area contributed by atoms with Crippen molar-refractivity contribution in [3.05, 3.63) is 12.2 Å². The molecular formula is C51H98O4. The second kappa shape index (κ2) is 48.8. The molecule has 0 saturated carbocycles. The maximum atomic E-state index is 12.0. The SMILES string of the molecule is CCCCCCCCC=CCCCCCCCCCC(=O)OCCCCCCCCCCCCCCCCCCCCCCCCCCCCCCC(=O)O. The molecule has 0 aliphatic rings. The Hall–Kier alpha value is -1.32. The molecule has 0 aliphatic carbocycles. The van der Waals surface area contributed by atoms with E-state index in [-0.39, 0.29) is 5.97 Å². The second-order valence-electron chi connectivity index (χ2n) is 17.3. The highest BCUT2D eigenvalue weighted by atomic mass is 16.5. The zero-order chi connectivity index (χ0) is 39.8. The van der Waals surface area contributed by atoms with Gasteiger partial charge in [0.2, 0.25) is 0 Å². The molecule has 4 nitrogen and oxygen atoms in total. The van der Waals surface area contributed by atoms with Gasteiger partial charge < -0.3 is 9.84 Å². The number of hydrogen-bond acceptors (Lipinski definition) is 3. The lowest BCUT2D eigenvalue weighted by atomic mass is 10.0. The van der Waals surface area contributed by atoms with Gasteiger partial charge in [-0.2, -0.15) is 0 Å². The molecular weight excluding hydrogens is 677 g/mol. The van der Waals surface area contributed by atoms with Crippen LogP contribution in [0.15, 0.2) is 12.2 Å². The van der Waals surface area contributed by atoms with E-state index in [1.54, 1.807) is 0 Å². The molecule has 0 rings (SSSR count). The predicted molar refractivity (Wildman–Crippen MR) is 241 cm³/mol. The Balaban J connectivity index is 3.16. The van der Waals surface area contributed by atoms with Gasteiger partial charge in [0, 0.05) is 12.8 Å². The van der Waals surface area contributed by atoms with E-state index >= 15 is 0 Å². The van der Waals surface area contributed by atoms with Gasteiger partial charge in [0.25, 0.3) is 0 Å². The highest BCUT2D eigenvalue weighted by Gasteiger charge is 2.03. The number of carboxylic acids is 1. The third-order valence-corrected chi connectivity index (χ3v) is 11.7. The molecule has 0 bridgehead atoms. The molecule has 0 aliphatic heterocycles. The summed E-state index contributed by atoms with van der Waals surface area (Å²) in [6, 6.07) is 0. The average molecular weight is 775 g/mol. The fourth-order valence-electron chi connectivity index (χ4n) is 7.93. The molecule has 0 aromatic heterocycles. The number of aliphatic carboxylic acids is 1. The van der Waals surface area contributed by atoms with Crippen LogP contribution in [-0.4, -0.2) is 23.7 Å². The van der Waals surface area contributed by atoms with Crippen LogP contribution in [0.1, 0.15) is 296 Å². The van der Waals surface area contributed by atoms with Crippen LogP contribution in [0.2, 0.25) is 0 Å². The van der Waals surface area contributed by atoms with Crippen LogP contribution in [0, 0.1) is 0 Å². The normalized spacial score (nSPS) is 11.6. The van der Waals surface area contributed by atoms with Crippen molar-refractivity contribution < 1.29 is 19.4 Å². The van der Waals surface area contributed by atoms with Gasteiger partial charge in [-0.25, -0.2) is 0 Å². The van der Waals surface area contributed by atoms with Gasteiger partial charge in [0.15, 0.2) is 0 Å². The molecule has 326 valence electrons. The highest BCUT2D eigenvalue weighted by Crippen LogP contribution is 2.17. The summed E-state index contributed by atoms with van der Waals surface area (Å²) in [5.74, 6) is -0.635. The van der Waals surface area contributed by atoms with Crippen LogP contribution in [0.4, 0.5) is 0 Å². The van der Waals surface area contributed by atoms with Crippen LogP contribution in [0.5, 0.6) is 0 Å². The number of allylic oxidation sites excluding steroid dienone is 2. The van der Waals surface area contributed by atoms with Crippen molar-refractivity contribution in [2.75, 3.05) is 6.61 Å². The molecule has 0 atom stereocenters. The number of rotatable bonds is 48. The topological polar surface area (TPSA) is 63.6 Å². The lowest BCUT2D eigenvalue weighted by Crippen LogP contribution is -2.05. The summed E-state index contributed by atoms with van der Waals surface area (Å²) in [6.07, 6.45) is 62.9. The summed E-state index contributed by atoms with van der Waals surface area (Å²) < 4.78 is 5.48. The second-order valence-corrected chi connectivity index (χ2v) is 17.3. The summed E-state index contributed by atoms with van der Waals surface area (Å²) in [5, 5.41) is 8.66. The van der Waals surface area contributed by atoms with E-state index in [2.05, 4.69) is 19.1 Å². The van der Waals surface area contributed by atoms with Gasteiger partial charge in [-0.15, -0.1) is 0 Å². The van der Waals surface area contributed by atoms with Crippen molar-refractivity contribution in [2.45, 2.75) is 296 Å². The predicted octanol–water partition coefficient (Wildman–Crippen LogP) is 17.7. The number of carboxylic acid groups (broad SMARTS) is 1. The van der Waals surface area contributed by atoms with Crippen molar-refractivity contribution >= 4 is 11.9 Å². The molecule has 0 radical (unpaired) electrons. The number of ether oxygens (including phenoxy) is 1. The van der Waals surface area contributed by atoms with E-state index in [1.807, 2.05) is 0 Å². The highest BCUT2D eigenvalue weighted by molar-refractivity contribution is 5.69. The molecule has 0 aromatic rings. The number of unbranched alkanes of at least 4 members (excludes halogenated alkanes) is 40. The van der Waals surface area contributed by atoms with E-state index in [4.69, 9.17) is 9.84 Å². The summed E-state index contributed by atoms with van der Waals surface area (Å²) in [7, 11) is 0. The van der Waals surface area contributed by atoms with E-state index in [0.29, 0.717) is 19.4 Å². The minimum absolute atomic E-state index is 0.0178. The Morgan fingerprint density at radius 1 is 0.345 bits per heavy atom.